The lowest BCUT2D eigenvalue weighted by molar-refractivity contribution is 0.507. The summed E-state index contributed by atoms with van der Waals surface area (Å²) in [6.45, 7) is 2.75. The van der Waals surface area contributed by atoms with E-state index >= 15 is 0 Å². The molecule has 1 atom stereocenters. The van der Waals surface area contributed by atoms with E-state index in [1.54, 1.807) is 6.26 Å². The smallest absolute Gasteiger partial charge is 0.123 e. The molecule has 3 heteroatoms. The molecule has 0 fully saturated rings. The summed E-state index contributed by atoms with van der Waals surface area (Å²) < 4.78 is 5.35. The molecule has 1 aromatic heterocycles. The number of nitrogens with zero attached hydrogens (tertiary/aromatic N) is 1. The van der Waals surface area contributed by atoms with E-state index in [1.807, 2.05) is 38.2 Å². The standard InChI is InChI=1S/C14H18N2O/c1-11(15)13-7-3-4-8-14(13)16(2)10-12-6-5-9-17-12/h3-9,11H,10,15H2,1-2H3/t11-/m0/s1. The SMILES string of the molecule is C[C@H](N)c1ccccc1N(C)Cc1ccco1. The molecular weight excluding hydrogens is 212 g/mol. The number of hydrogen-bond acceptors (Lipinski definition) is 3. The van der Waals surface area contributed by atoms with Crippen LogP contribution in [0.15, 0.2) is 47.1 Å². The predicted molar refractivity (Wildman–Crippen MR) is 69.9 cm³/mol. The second-order valence-electron chi connectivity index (χ2n) is 4.28. The summed E-state index contributed by atoms with van der Waals surface area (Å²) in [5.74, 6) is 0.951. The molecule has 2 rings (SSSR count). The molecule has 0 saturated heterocycles. The van der Waals surface area contributed by atoms with Gasteiger partial charge in [-0.25, -0.2) is 0 Å². The van der Waals surface area contributed by atoms with Gasteiger partial charge >= 0.3 is 0 Å². The minimum absolute atomic E-state index is 0.0326. The summed E-state index contributed by atoms with van der Waals surface area (Å²) in [5.41, 5.74) is 8.28. The third-order valence-electron chi connectivity index (χ3n) is 2.81. The fraction of sp³-hybridized carbons (Fsp3) is 0.286. The van der Waals surface area contributed by atoms with E-state index < -0.39 is 0 Å². The number of anilines is 1. The van der Waals surface area contributed by atoms with Crippen molar-refractivity contribution in [3.8, 4) is 0 Å². The summed E-state index contributed by atoms with van der Waals surface area (Å²) >= 11 is 0. The van der Waals surface area contributed by atoms with Gasteiger partial charge in [0.2, 0.25) is 0 Å². The van der Waals surface area contributed by atoms with E-state index in [0.717, 1.165) is 23.6 Å². The molecule has 0 saturated carbocycles. The Labute approximate surface area is 102 Å². The zero-order chi connectivity index (χ0) is 12.3. The van der Waals surface area contributed by atoms with Gasteiger partial charge in [-0.2, -0.15) is 0 Å². The maximum atomic E-state index is 5.98. The lowest BCUT2D eigenvalue weighted by atomic mass is 10.1. The molecule has 0 aliphatic carbocycles. The van der Waals surface area contributed by atoms with E-state index in [9.17, 15) is 0 Å². The maximum Gasteiger partial charge on any atom is 0.123 e. The Hall–Kier alpha value is -1.74. The third-order valence-corrected chi connectivity index (χ3v) is 2.81. The van der Waals surface area contributed by atoms with Gasteiger partial charge in [-0.15, -0.1) is 0 Å². The summed E-state index contributed by atoms with van der Waals surface area (Å²) in [5, 5.41) is 0. The predicted octanol–water partition coefficient (Wildman–Crippen LogP) is 2.94. The van der Waals surface area contributed by atoms with E-state index in [-0.39, 0.29) is 6.04 Å². The number of furan rings is 1. The molecule has 90 valence electrons. The Morgan fingerprint density at radius 1 is 1.24 bits per heavy atom. The molecule has 0 aliphatic heterocycles. The molecule has 0 amide bonds. The van der Waals surface area contributed by atoms with Crippen LogP contribution in [0.3, 0.4) is 0 Å². The Balaban J connectivity index is 2.21. The first-order valence-corrected chi connectivity index (χ1v) is 5.76. The first kappa shape index (κ1) is 11.7. The van der Waals surface area contributed by atoms with Crippen LogP contribution in [0, 0.1) is 0 Å². The number of hydrogen-bond donors (Lipinski definition) is 1. The highest BCUT2D eigenvalue weighted by molar-refractivity contribution is 5.54. The quantitative estimate of drug-likeness (QED) is 0.878. The monoisotopic (exact) mass is 230 g/mol. The zero-order valence-corrected chi connectivity index (χ0v) is 10.3. The molecule has 0 bridgehead atoms. The lowest BCUT2D eigenvalue weighted by Crippen LogP contribution is -2.19. The maximum absolute atomic E-state index is 5.98. The highest BCUT2D eigenvalue weighted by Crippen LogP contribution is 2.25. The van der Waals surface area contributed by atoms with Crippen LogP contribution in [0.4, 0.5) is 5.69 Å². The van der Waals surface area contributed by atoms with Crippen molar-refractivity contribution in [3.05, 3.63) is 54.0 Å². The van der Waals surface area contributed by atoms with Crippen molar-refractivity contribution in [2.45, 2.75) is 19.5 Å². The second-order valence-corrected chi connectivity index (χ2v) is 4.28. The van der Waals surface area contributed by atoms with Crippen molar-refractivity contribution in [2.24, 2.45) is 5.73 Å². The molecule has 0 aliphatic rings. The molecule has 2 N–H and O–H groups in total. The minimum Gasteiger partial charge on any atom is -0.467 e. The van der Waals surface area contributed by atoms with E-state index in [2.05, 4.69) is 17.0 Å². The molecule has 1 heterocycles. The zero-order valence-electron chi connectivity index (χ0n) is 10.3. The van der Waals surface area contributed by atoms with E-state index in [4.69, 9.17) is 10.2 Å². The Morgan fingerprint density at radius 3 is 2.65 bits per heavy atom. The highest BCUT2D eigenvalue weighted by Gasteiger charge is 2.11. The fourth-order valence-electron chi connectivity index (χ4n) is 1.94. The number of para-hydroxylation sites is 1. The summed E-state index contributed by atoms with van der Waals surface area (Å²) in [4.78, 5) is 2.15. The van der Waals surface area contributed by atoms with Crippen molar-refractivity contribution in [3.63, 3.8) is 0 Å². The van der Waals surface area contributed by atoms with Gasteiger partial charge in [-0.1, -0.05) is 18.2 Å². The van der Waals surface area contributed by atoms with Gasteiger partial charge < -0.3 is 15.1 Å². The van der Waals surface area contributed by atoms with Gasteiger partial charge in [-0.3, -0.25) is 0 Å². The molecule has 0 spiro atoms. The summed E-state index contributed by atoms with van der Waals surface area (Å²) in [6, 6.07) is 12.1. The molecule has 17 heavy (non-hydrogen) atoms. The van der Waals surface area contributed by atoms with Gasteiger partial charge in [-0.05, 0) is 30.7 Å². The van der Waals surface area contributed by atoms with Gasteiger partial charge in [0.05, 0.1) is 12.8 Å². The van der Waals surface area contributed by atoms with Crippen LogP contribution in [-0.4, -0.2) is 7.05 Å². The first-order chi connectivity index (χ1) is 8.18. The Kier molecular flexibility index (Phi) is 3.49. The van der Waals surface area contributed by atoms with Gasteiger partial charge in [0.1, 0.15) is 5.76 Å². The highest BCUT2D eigenvalue weighted by atomic mass is 16.3. The molecule has 0 unspecified atom stereocenters. The van der Waals surface area contributed by atoms with Crippen LogP contribution in [0.5, 0.6) is 0 Å². The van der Waals surface area contributed by atoms with Crippen molar-refractivity contribution >= 4 is 5.69 Å². The van der Waals surface area contributed by atoms with Crippen LogP contribution < -0.4 is 10.6 Å². The first-order valence-electron chi connectivity index (χ1n) is 5.76. The second kappa shape index (κ2) is 5.06. The molecule has 0 radical (unpaired) electrons. The van der Waals surface area contributed by atoms with E-state index in [0.29, 0.717) is 0 Å². The van der Waals surface area contributed by atoms with Gasteiger partial charge in [0.25, 0.3) is 0 Å². The average molecular weight is 230 g/mol. The topological polar surface area (TPSA) is 42.4 Å². The van der Waals surface area contributed by atoms with Crippen LogP contribution >= 0.6 is 0 Å². The van der Waals surface area contributed by atoms with Crippen molar-refractivity contribution in [1.82, 2.24) is 0 Å². The Morgan fingerprint density at radius 2 is 2.00 bits per heavy atom. The fourth-order valence-corrected chi connectivity index (χ4v) is 1.94. The van der Waals surface area contributed by atoms with Gasteiger partial charge in [0, 0.05) is 18.8 Å². The number of nitrogens with two attached hydrogens (primary N) is 1. The van der Waals surface area contributed by atoms with Crippen LogP contribution in [-0.2, 0) is 6.54 Å². The van der Waals surface area contributed by atoms with Crippen molar-refractivity contribution < 1.29 is 4.42 Å². The number of benzene rings is 1. The molecule has 1 aromatic carbocycles. The van der Waals surface area contributed by atoms with Gasteiger partial charge in [0.15, 0.2) is 0 Å². The van der Waals surface area contributed by atoms with Crippen molar-refractivity contribution in [2.75, 3.05) is 11.9 Å². The molecular formula is C14H18N2O. The van der Waals surface area contributed by atoms with Crippen LogP contribution in [0.2, 0.25) is 0 Å². The normalized spacial score (nSPS) is 12.4. The minimum atomic E-state index is 0.0326. The van der Waals surface area contributed by atoms with Crippen LogP contribution in [0.25, 0.3) is 0 Å². The average Bonchev–Trinajstić information content (AvgIpc) is 2.81. The molecule has 3 nitrogen and oxygen atoms in total. The summed E-state index contributed by atoms with van der Waals surface area (Å²) in [7, 11) is 2.05. The largest absolute Gasteiger partial charge is 0.467 e. The van der Waals surface area contributed by atoms with Crippen LogP contribution in [0.1, 0.15) is 24.3 Å². The summed E-state index contributed by atoms with van der Waals surface area (Å²) in [6.07, 6.45) is 1.70. The Bertz CT molecular complexity index is 463. The lowest BCUT2D eigenvalue weighted by Gasteiger charge is -2.23. The molecule has 2 aromatic rings. The van der Waals surface area contributed by atoms with Crippen molar-refractivity contribution in [1.29, 1.82) is 0 Å². The third kappa shape index (κ3) is 2.68. The van der Waals surface area contributed by atoms with E-state index in [1.165, 1.54) is 0 Å². The number of rotatable bonds is 4.